The highest BCUT2D eigenvalue weighted by Gasteiger charge is 2.03. The zero-order chi connectivity index (χ0) is 14.4. The first-order chi connectivity index (χ1) is 9.65. The van der Waals surface area contributed by atoms with Crippen molar-refractivity contribution < 1.29 is 9.59 Å². The minimum Gasteiger partial charge on any atom is -0.366 e. The summed E-state index contributed by atoms with van der Waals surface area (Å²) in [5, 5.41) is 5.38. The van der Waals surface area contributed by atoms with Crippen LogP contribution in [0, 0.1) is 0 Å². The van der Waals surface area contributed by atoms with E-state index >= 15 is 0 Å². The van der Waals surface area contributed by atoms with Gasteiger partial charge >= 0.3 is 6.03 Å². The van der Waals surface area contributed by atoms with Gasteiger partial charge in [0.1, 0.15) is 0 Å². The Labute approximate surface area is 116 Å². The minimum atomic E-state index is -0.501. The predicted octanol–water partition coefficient (Wildman–Crippen LogP) is 1.50. The van der Waals surface area contributed by atoms with Gasteiger partial charge in [0.05, 0.1) is 0 Å². The summed E-state index contributed by atoms with van der Waals surface area (Å²) in [6.07, 6.45) is 3.33. The Hall–Kier alpha value is -2.89. The zero-order valence-electron chi connectivity index (χ0n) is 10.7. The molecule has 2 rings (SSSR count). The summed E-state index contributed by atoms with van der Waals surface area (Å²) in [7, 11) is 0. The van der Waals surface area contributed by atoms with Gasteiger partial charge in [-0.15, -0.1) is 0 Å². The standard InChI is InChI=1S/C14H14N4O2/c15-13(19)11-1-3-12(4-2-11)18-14(20)17-9-10-5-7-16-8-6-10/h1-8H,9H2,(H2,15,19)(H2,17,18,20). The Bertz CT molecular complexity index is 596. The van der Waals surface area contributed by atoms with Gasteiger partial charge < -0.3 is 16.4 Å². The molecule has 4 N–H and O–H groups in total. The highest BCUT2D eigenvalue weighted by atomic mass is 16.2. The van der Waals surface area contributed by atoms with E-state index < -0.39 is 5.91 Å². The van der Waals surface area contributed by atoms with Crippen LogP contribution in [-0.2, 0) is 6.54 Å². The highest BCUT2D eigenvalue weighted by Crippen LogP contribution is 2.08. The SMILES string of the molecule is NC(=O)c1ccc(NC(=O)NCc2ccncc2)cc1. The molecule has 102 valence electrons. The molecule has 0 unspecified atom stereocenters. The van der Waals surface area contributed by atoms with Crippen molar-refractivity contribution in [2.24, 2.45) is 5.73 Å². The molecule has 6 heteroatoms. The summed E-state index contributed by atoms with van der Waals surface area (Å²) < 4.78 is 0. The number of primary amides is 1. The molecule has 6 nitrogen and oxygen atoms in total. The van der Waals surface area contributed by atoms with E-state index in [-0.39, 0.29) is 6.03 Å². The Kier molecular flexibility index (Phi) is 4.28. The van der Waals surface area contributed by atoms with Crippen molar-refractivity contribution in [1.82, 2.24) is 10.3 Å². The summed E-state index contributed by atoms with van der Waals surface area (Å²) in [5.41, 5.74) is 7.07. The molecule has 2 aromatic rings. The van der Waals surface area contributed by atoms with Gasteiger partial charge in [-0.05, 0) is 42.0 Å². The minimum absolute atomic E-state index is 0.325. The van der Waals surface area contributed by atoms with Crippen LogP contribution < -0.4 is 16.4 Å². The molecular formula is C14H14N4O2. The highest BCUT2D eigenvalue weighted by molar-refractivity contribution is 5.94. The van der Waals surface area contributed by atoms with Crippen molar-refractivity contribution in [2.75, 3.05) is 5.32 Å². The van der Waals surface area contributed by atoms with Gasteiger partial charge in [0, 0.05) is 30.2 Å². The Morgan fingerprint density at radius 1 is 1.05 bits per heavy atom. The maximum absolute atomic E-state index is 11.7. The van der Waals surface area contributed by atoms with Gasteiger partial charge in [0.25, 0.3) is 0 Å². The number of urea groups is 1. The molecule has 0 saturated heterocycles. The molecule has 0 bridgehead atoms. The number of pyridine rings is 1. The molecule has 0 aliphatic heterocycles. The summed E-state index contributed by atoms with van der Waals surface area (Å²) in [6.45, 7) is 0.410. The molecular weight excluding hydrogens is 256 g/mol. The van der Waals surface area contributed by atoms with Gasteiger partial charge in [0.15, 0.2) is 0 Å². The van der Waals surface area contributed by atoms with Crippen molar-refractivity contribution in [3.05, 3.63) is 59.9 Å². The molecule has 1 heterocycles. The van der Waals surface area contributed by atoms with Crippen LogP contribution >= 0.6 is 0 Å². The second kappa shape index (κ2) is 6.33. The molecule has 1 aromatic heterocycles. The van der Waals surface area contributed by atoms with Crippen molar-refractivity contribution >= 4 is 17.6 Å². The molecule has 0 atom stereocenters. The van der Waals surface area contributed by atoms with Gasteiger partial charge in [-0.2, -0.15) is 0 Å². The monoisotopic (exact) mass is 270 g/mol. The number of aromatic nitrogens is 1. The average Bonchev–Trinajstić information content (AvgIpc) is 2.47. The summed E-state index contributed by atoms with van der Waals surface area (Å²) in [6, 6.07) is 9.66. The lowest BCUT2D eigenvalue weighted by Crippen LogP contribution is -2.28. The number of hydrogen-bond acceptors (Lipinski definition) is 3. The third-order valence-electron chi connectivity index (χ3n) is 2.63. The molecule has 0 aliphatic rings. The number of carbonyl (C=O) groups excluding carboxylic acids is 2. The van der Waals surface area contributed by atoms with Crippen LogP contribution in [0.1, 0.15) is 15.9 Å². The first kappa shape index (κ1) is 13.5. The number of anilines is 1. The number of hydrogen-bond donors (Lipinski definition) is 3. The van der Waals surface area contributed by atoms with E-state index in [2.05, 4.69) is 15.6 Å². The molecule has 3 amide bonds. The van der Waals surface area contributed by atoms with E-state index in [0.29, 0.717) is 17.8 Å². The van der Waals surface area contributed by atoms with Crippen molar-refractivity contribution in [3.63, 3.8) is 0 Å². The van der Waals surface area contributed by atoms with E-state index in [1.807, 2.05) is 12.1 Å². The molecule has 0 spiro atoms. The van der Waals surface area contributed by atoms with E-state index in [1.54, 1.807) is 36.7 Å². The maximum Gasteiger partial charge on any atom is 0.319 e. The van der Waals surface area contributed by atoms with Gasteiger partial charge in [-0.1, -0.05) is 0 Å². The zero-order valence-corrected chi connectivity index (χ0v) is 10.7. The molecule has 0 aliphatic carbocycles. The Morgan fingerprint density at radius 3 is 2.30 bits per heavy atom. The van der Waals surface area contributed by atoms with Crippen LogP contribution in [0.25, 0.3) is 0 Å². The predicted molar refractivity (Wildman–Crippen MR) is 75.1 cm³/mol. The Morgan fingerprint density at radius 2 is 1.70 bits per heavy atom. The summed E-state index contributed by atoms with van der Waals surface area (Å²) in [4.78, 5) is 26.5. The van der Waals surface area contributed by atoms with Crippen molar-refractivity contribution in [1.29, 1.82) is 0 Å². The fraction of sp³-hybridized carbons (Fsp3) is 0.0714. The van der Waals surface area contributed by atoms with E-state index in [1.165, 1.54) is 0 Å². The van der Waals surface area contributed by atoms with Gasteiger partial charge in [-0.3, -0.25) is 9.78 Å². The second-order valence-corrected chi connectivity index (χ2v) is 4.10. The van der Waals surface area contributed by atoms with Gasteiger partial charge in [0.2, 0.25) is 5.91 Å². The van der Waals surface area contributed by atoms with Crippen LogP contribution in [0.5, 0.6) is 0 Å². The maximum atomic E-state index is 11.7. The van der Waals surface area contributed by atoms with Crippen LogP contribution in [-0.4, -0.2) is 16.9 Å². The molecule has 0 radical (unpaired) electrons. The molecule has 1 aromatic carbocycles. The number of nitrogens with zero attached hydrogens (tertiary/aromatic N) is 1. The van der Waals surface area contributed by atoms with Crippen molar-refractivity contribution in [3.8, 4) is 0 Å². The number of carbonyl (C=O) groups is 2. The van der Waals surface area contributed by atoms with E-state index in [4.69, 9.17) is 5.73 Å². The van der Waals surface area contributed by atoms with Crippen LogP contribution in [0.4, 0.5) is 10.5 Å². The number of benzene rings is 1. The smallest absolute Gasteiger partial charge is 0.319 e. The second-order valence-electron chi connectivity index (χ2n) is 4.10. The number of nitrogens with one attached hydrogen (secondary N) is 2. The lowest BCUT2D eigenvalue weighted by Gasteiger charge is -2.07. The number of amides is 3. The third-order valence-corrected chi connectivity index (χ3v) is 2.63. The van der Waals surface area contributed by atoms with Crippen LogP contribution in [0.3, 0.4) is 0 Å². The summed E-state index contributed by atoms with van der Waals surface area (Å²) >= 11 is 0. The fourth-order valence-corrected chi connectivity index (χ4v) is 1.58. The first-order valence-corrected chi connectivity index (χ1v) is 5.99. The molecule has 0 fully saturated rings. The fourth-order valence-electron chi connectivity index (χ4n) is 1.58. The quantitative estimate of drug-likeness (QED) is 0.785. The molecule has 20 heavy (non-hydrogen) atoms. The van der Waals surface area contributed by atoms with Crippen LogP contribution in [0.2, 0.25) is 0 Å². The van der Waals surface area contributed by atoms with Gasteiger partial charge in [-0.25, -0.2) is 4.79 Å². The normalized spacial score (nSPS) is 9.80. The molecule has 0 saturated carbocycles. The van der Waals surface area contributed by atoms with Crippen molar-refractivity contribution in [2.45, 2.75) is 6.54 Å². The lowest BCUT2D eigenvalue weighted by atomic mass is 10.2. The largest absolute Gasteiger partial charge is 0.366 e. The third kappa shape index (κ3) is 3.81. The lowest BCUT2D eigenvalue weighted by molar-refractivity contribution is 0.100. The number of rotatable bonds is 4. The van der Waals surface area contributed by atoms with E-state index in [0.717, 1.165) is 5.56 Å². The van der Waals surface area contributed by atoms with Crippen LogP contribution in [0.15, 0.2) is 48.8 Å². The topological polar surface area (TPSA) is 97.1 Å². The Balaban J connectivity index is 1.86. The van der Waals surface area contributed by atoms with E-state index in [9.17, 15) is 9.59 Å². The first-order valence-electron chi connectivity index (χ1n) is 5.99. The number of nitrogens with two attached hydrogens (primary N) is 1. The summed E-state index contributed by atoms with van der Waals surface area (Å²) in [5.74, 6) is -0.501. The average molecular weight is 270 g/mol.